The molecule has 29 heavy (non-hydrogen) atoms. The Bertz CT molecular complexity index is 949. The van der Waals surface area contributed by atoms with E-state index in [1.165, 1.54) is 5.56 Å². The summed E-state index contributed by atoms with van der Waals surface area (Å²) in [7, 11) is 0. The van der Waals surface area contributed by atoms with Crippen molar-refractivity contribution >= 4 is 11.8 Å². The van der Waals surface area contributed by atoms with Crippen molar-refractivity contribution in [2.75, 3.05) is 39.3 Å². The summed E-state index contributed by atoms with van der Waals surface area (Å²) in [4.78, 5) is 33.5. The summed E-state index contributed by atoms with van der Waals surface area (Å²) in [6.07, 6.45) is 0.844. The predicted molar refractivity (Wildman–Crippen MR) is 112 cm³/mol. The SMILES string of the molecule is CCN1CCN(C(=O)C2c3ccccc3C(=O)N3CCc4ccccc4C23)CC1. The van der Waals surface area contributed by atoms with E-state index < -0.39 is 0 Å². The first-order valence-corrected chi connectivity index (χ1v) is 10.7. The highest BCUT2D eigenvalue weighted by Crippen LogP contribution is 2.46. The van der Waals surface area contributed by atoms with Crippen LogP contribution in [0.4, 0.5) is 0 Å². The molecule has 0 aliphatic carbocycles. The van der Waals surface area contributed by atoms with E-state index in [4.69, 9.17) is 0 Å². The van der Waals surface area contributed by atoms with Gasteiger partial charge in [0.2, 0.25) is 5.91 Å². The monoisotopic (exact) mass is 389 g/mol. The molecule has 0 bridgehead atoms. The molecule has 150 valence electrons. The molecule has 0 N–H and O–H groups in total. The van der Waals surface area contributed by atoms with Crippen LogP contribution in [-0.2, 0) is 11.2 Å². The molecule has 0 spiro atoms. The van der Waals surface area contributed by atoms with Gasteiger partial charge in [-0.3, -0.25) is 9.59 Å². The molecule has 0 aromatic heterocycles. The average molecular weight is 389 g/mol. The number of likely N-dealkylation sites (N-methyl/N-ethyl adjacent to an activating group) is 1. The van der Waals surface area contributed by atoms with Crippen molar-refractivity contribution in [1.82, 2.24) is 14.7 Å². The number of nitrogens with zero attached hydrogens (tertiary/aromatic N) is 3. The third-order valence-corrected chi connectivity index (χ3v) is 6.83. The molecule has 5 rings (SSSR count). The molecule has 3 aliphatic heterocycles. The maximum Gasteiger partial charge on any atom is 0.254 e. The molecule has 5 heteroatoms. The number of hydrogen-bond acceptors (Lipinski definition) is 3. The molecule has 3 aliphatic rings. The standard InChI is InChI=1S/C24H27N3O2/c1-2-25-13-15-26(16-14-25)24(29)21-19-9-5-6-10-20(19)23(28)27-12-11-17-7-3-4-8-18(17)22(21)27/h3-10,21-22H,2,11-16H2,1H3. The summed E-state index contributed by atoms with van der Waals surface area (Å²) in [5, 5.41) is 0. The molecule has 1 saturated heterocycles. The van der Waals surface area contributed by atoms with E-state index in [-0.39, 0.29) is 23.8 Å². The van der Waals surface area contributed by atoms with Crippen LogP contribution >= 0.6 is 0 Å². The topological polar surface area (TPSA) is 43.9 Å². The number of piperazine rings is 1. The summed E-state index contributed by atoms with van der Waals surface area (Å²) in [6, 6.07) is 15.8. The number of carbonyl (C=O) groups is 2. The van der Waals surface area contributed by atoms with Crippen LogP contribution in [0.3, 0.4) is 0 Å². The lowest BCUT2D eigenvalue weighted by Gasteiger charge is -2.47. The van der Waals surface area contributed by atoms with Crippen molar-refractivity contribution in [3.8, 4) is 0 Å². The van der Waals surface area contributed by atoms with Gasteiger partial charge in [-0.05, 0) is 35.7 Å². The largest absolute Gasteiger partial charge is 0.340 e. The predicted octanol–water partition coefficient (Wildman–Crippen LogP) is 2.69. The van der Waals surface area contributed by atoms with Crippen LogP contribution < -0.4 is 0 Å². The van der Waals surface area contributed by atoms with Gasteiger partial charge in [0.05, 0.1) is 12.0 Å². The van der Waals surface area contributed by atoms with Crippen LogP contribution in [0.1, 0.15) is 45.9 Å². The zero-order valence-corrected chi connectivity index (χ0v) is 16.9. The highest BCUT2D eigenvalue weighted by Gasteiger charge is 2.47. The molecule has 3 heterocycles. The second-order valence-electron chi connectivity index (χ2n) is 8.22. The third kappa shape index (κ3) is 2.96. The van der Waals surface area contributed by atoms with E-state index in [9.17, 15) is 9.59 Å². The van der Waals surface area contributed by atoms with Crippen molar-refractivity contribution < 1.29 is 9.59 Å². The van der Waals surface area contributed by atoms with E-state index in [2.05, 4.69) is 24.0 Å². The summed E-state index contributed by atoms with van der Waals surface area (Å²) in [5.41, 5.74) is 3.97. The van der Waals surface area contributed by atoms with Crippen molar-refractivity contribution in [2.45, 2.75) is 25.3 Å². The Morgan fingerprint density at radius 3 is 2.38 bits per heavy atom. The fourth-order valence-corrected chi connectivity index (χ4v) is 5.22. The van der Waals surface area contributed by atoms with Crippen molar-refractivity contribution in [1.29, 1.82) is 0 Å². The van der Waals surface area contributed by atoms with Crippen LogP contribution in [0.15, 0.2) is 48.5 Å². The first kappa shape index (κ1) is 18.4. The maximum absolute atomic E-state index is 13.9. The Kier molecular flexibility index (Phi) is 4.63. The van der Waals surface area contributed by atoms with Crippen molar-refractivity contribution in [3.05, 3.63) is 70.8 Å². The van der Waals surface area contributed by atoms with Gasteiger partial charge in [0, 0.05) is 38.3 Å². The third-order valence-electron chi connectivity index (χ3n) is 6.83. The molecule has 2 aromatic rings. The molecule has 1 fully saturated rings. The lowest BCUT2D eigenvalue weighted by molar-refractivity contribution is -0.136. The average Bonchev–Trinajstić information content (AvgIpc) is 2.79. The molecular weight excluding hydrogens is 362 g/mol. The number of hydrogen-bond donors (Lipinski definition) is 0. The minimum Gasteiger partial charge on any atom is -0.340 e. The summed E-state index contributed by atoms with van der Waals surface area (Å²) in [6.45, 7) is 7.20. The number of rotatable bonds is 2. The van der Waals surface area contributed by atoms with Gasteiger partial charge in [-0.2, -0.15) is 0 Å². The molecular formula is C24H27N3O2. The number of benzene rings is 2. The van der Waals surface area contributed by atoms with Crippen LogP contribution in [0, 0.1) is 0 Å². The Hall–Kier alpha value is -2.66. The fraction of sp³-hybridized carbons (Fsp3) is 0.417. The minimum atomic E-state index is -0.335. The van der Waals surface area contributed by atoms with Gasteiger partial charge in [-0.25, -0.2) is 0 Å². The second kappa shape index (κ2) is 7.30. The van der Waals surface area contributed by atoms with Gasteiger partial charge in [0.1, 0.15) is 0 Å². The van der Waals surface area contributed by atoms with Gasteiger partial charge < -0.3 is 14.7 Å². The first-order valence-electron chi connectivity index (χ1n) is 10.7. The maximum atomic E-state index is 13.9. The molecule has 2 atom stereocenters. The van der Waals surface area contributed by atoms with E-state index in [1.807, 2.05) is 46.2 Å². The van der Waals surface area contributed by atoms with E-state index in [0.29, 0.717) is 12.1 Å². The Balaban J connectivity index is 1.58. The van der Waals surface area contributed by atoms with E-state index in [0.717, 1.165) is 50.3 Å². The van der Waals surface area contributed by atoms with E-state index >= 15 is 0 Å². The molecule has 0 radical (unpaired) electrons. The van der Waals surface area contributed by atoms with Gasteiger partial charge in [-0.1, -0.05) is 49.4 Å². The fourth-order valence-electron chi connectivity index (χ4n) is 5.22. The molecule has 2 amide bonds. The van der Waals surface area contributed by atoms with Gasteiger partial charge >= 0.3 is 0 Å². The highest BCUT2D eigenvalue weighted by atomic mass is 16.2. The molecule has 5 nitrogen and oxygen atoms in total. The van der Waals surface area contributed by atoms with Crippen molar-refractivity contribution in [2.24, 2.45) is 0 Å². The van der Waals surface area contributed by atoms with E-state index in [1.54, 1.807) is 0 Å². The first-order chi connectivity index (χ1) is 14.2. The molecule has 0 saturated carbocycles. The molecule has 2 unspecified atom stereocenters. The summed E-state index contributed by atoms with van der Waals surface area (Å²) in [5.74, 6) is -0.120. The molecule has 2 aromatic carbocycles. The lowest BCUT2D eigenvalue weighted by Crippen LogP contribution is -2.54. The Labute approximate surface area is 171 Å². The van der Waals surface area contributed by atoms with Crippen LogP contribution in [-0.4, -0.2) is 65.8 Å². The van der Waals surface area contributed by atoms with Crippen LogP contribution in [0.5, 0.6) is 0 Å². The van der Waals surface area contributed by atoms with Gasteiger partial charge in [0.15, 0.2) is 0 Å². The van der Waals surface area contributed by atoms with Gasteiger partial charge in [-0.15, -0.1) is 0 Å². The Morgan fingerprint density at radius 2 is 1.62 bits per heavy atom. The van der Waals surface area contributed by atoms with Crippen LogP contribution in [0.2, 0.25) is 0 Å². The Morgan fingerprint density at radius 1 is 0.931 bits per heavy atom. The summed E-state index contributed by atoms with van der Waals surface area (Å²) < 4.78 is 0. The number of fused-ring (bicyclic) bond motifs is 4. The number of carbonyl (C=O) groups excluding carboxylic acids is 2. The normalized spacial score (nSPS) is 24.0. The zero-order valence-electron chi connectivity index (χ0n) is 16.9. The highest BCUT2D eigenvalue weighted by molar-refractivity contribution is 6.01. The van der Waals surface area contributed by atoms with Crippen LogP contribution in [0.25, 0.3) is 0 Å². The second-order valence-corrected chi connectivity index (χ2v) is 8.22. The minimum absolute atomic E-state index is 0.0555. The van der Waals surface area contributed by atoms with Gasteiger partial charge in [0.25, 0.3) is 5.91 Å². The zero-order chi connectivity index (χ0) is 20.0. The summed E-state index contributed by atoms with van der Waals surface area (Å²) >= 11 is 0. The smallest absolute Gasteiger partial charge is 0.254 e. The quantitative estimate of drug-likeness (QED) is 0.793. The number of amides is 2. The van der Waals surface area contributed by atoms with Crippen molar-refractivity contribution in [3.63, 3.8) is 0 Å². The lowest BCUT2D eigenvalue weighted by atomic mass is 9.75.